The molecule has 0 aliphatic carbocycles. The molecule has 2 aromatic carbocycles. The molecule has 162 valence electrons. The average molecular weight is 506 g/mol. The van der Waals surface area contributed by atoms with Crippen molar-refractivity contribution in [2.45, 2.75) is 17.7 Å². The number of carbonyl (C=O) groups is 1. The lowest BCUT2D eigenvalue weighted by Gasteiger charge is -2.11. The van der Waals surface area contributed by atoms with Gasteiger partial charge < -0.3 is 15.7 Å². The SMILES string of the molecule is NS(=O)(=O)c1ccc(CCNc2nc(Nc3cccc(CC(=O)O)c3)ncc2Br)cc1. The van der Waals surface area contributed by atoms with Crippen LogP contribution < -0.4 is 15.8 Å². The zero-order valence-electron chi connectivity index (χ0n) is 16.2. The number of hydrogen-bond acceptors (Lipinski definition) is 7. The molecule has 5 N–H and O–H groups in total. The fourth-order valence-electron chi connectivity index (χ4n) is 2.79. The van der Waals surface area contributed by atoms with E-state index in [4.69, 9.17) is 10.2 Å². The van der Waals surface area contributed by atoms with Crippen LogP contribution >= 0.6 is 15.9 Å². The number of benzene rings is 2. The molecule has 0 radical (unpaired) electrons. The highest BCUT2D eigenvalue weighted by Crippen LogP contribution is 2.22. The molecule has 0 bridgehead atoms. The maximum absolute atomic E-state index is 11.3. The van der Waals surface area contributed by atoms with Crippen LogP contribution in [-0.4, -0.2) is 36.0 Å². The molecule has 0 unspecified atom stereocenters. The molecular weight excluding hydrogens is 486 g/mol. The van der Waals surface area contributed by atoms with Crippen molar-refractivity contribution >= 4 is 49.4 Å². The monoisotopic (exact) mass is 505 g/mol. The van der Waals surface area contributed by atoms with E-state index in [1.165, 1.54) is 12.1 Å². The minimum absolute atomic E-state index is 0.0677. The number of hydrogen-bond donors (Lipinski definition) is 4. The number of rotatable bonds is 9. The molecule has 0 atom stereocenters. The lowest BCUT2D eigenvalue weighted by molar-refractivity contribution is -0.136. The van der Waals surface area contributed by atoms with E-state index < -0.39 is 16.0 Å². The topological polar surface area (TPSA) is 147 Å². The molecule has 0 spiro atoms. The van der Waals surface area contributed by atoms with Crippen molar-refractivity contribution in [1.29, 1.82) is 0 Å². The minimum Gasteiger partial charge on any atom is -0.481 e. The molecule has 0 fully saturated rings. The first kappa shape index (κ1) is 22.7. The van der Waals surface area contributed by atoms with Gasteiger partial charge >= 0.3 is 5.97 Å². The van der Waals surface area contributed by atoms with Crippen LogP contribution in [0.5, 0.6) is 0 Å². The summed E-state index contributed by atoms with van der Waals surface area (Å²) in [6.45, 7) is 0.553. The van der Waals surface area contributed by atoms with E-state index in [2.05, 4.69) is 36.5 Å². The number of primary sulfonamides is 1. The Labute approximate surface area is 187 Å². The number of halogens is 1. The van der Waals surface area contributed by atoms with Crippen molar-refractivity contribution in [3.63, 3.8) is 0 Å². The van der Waals surface area contributed by atoms with Crippen LogP contribution in [0.4, 0.5) is 17.5 Å². The van der Waals surface area contributed by atoms with E-state index >= 15 is 0 Å². The van der Waals surface area contributed by atoms with Gasteiger partial charge in [0, 0.05) is 18.4 Å². The third-order valence-corrected chi connectivity index (χ3v) is 5.75. The average Bonchev–Trinajstić information content (AvgIpc) is 2.70. The molecule has 0 aliphatic rings. The molecule has 0 saturated carbocycles. The summed E-state index contributed by atoms with van der Waals surface area (Å²) in [5, 5.41) is 20.3. The largest absolute Gasteiger partial charge is 0.481 e. The lowest BCUT2D eigenvalue weighted by Crippen LogP contribution is -2.12. The fourth-order valence-corrected chi connectivity index (χ4v) is 3.63. The molecule has 3 aromatic rings. The van der Waals surface area contributed by atoms with Crippen LogP contribution in [-0.2, 0) is 27.7 Å². The molecular formula is C20H20BrN5O4S. The smallest absolute Gasteiger partial charge is 0.307 e. The second-order valence-electron chi connectivity index (χ2n) is 6.65. The van der Waals surface area contributed by atoms with Gasteiger partial charge in [-0.1, -0.05) is 24.3 Å². The molecule has 1 heterocycles. The lowest BCUT2D eigenvalue weighted by atomic mass is 10.1. The standard InChI is InChI=1S/C20H20BrN5O4S/c21-17-12-24-20(25-15-3-1-2-14(10-15)11-18(27)28)26-19(17)23-9-8-13-4-6-16(7-5-13)31(22,29)30/h1-7,10,12H,8-9,11H2,(H,27,28)(H2,22,29,30)(H2,23,24,25,26). The maximum Gasteiger partial charge on any atom is 0.307 e. The van der Waals surface area contributed by atoms with Crippen LogP contribution in [0.25, 0.3) is 0 Å². The fraction of sp³-hybridized carbons (Fsp3) is 0.150. The number of aromatic nitrogens is 2. The van der Waals surface area contributed by atoms with Crippen molar-refractivity contribution in [2.24, 2.45) is 5.14 Å². The van der Waals surface area contributed by atoms with Gasteiger partial charge in [-0.3, -0.25) is 4.79 Å². The zero-order valence-corrected chi connectivity index (χ0v) is 18.6. The van der Waals surface area contributed by atoms with Crippen LogP contribution in [0, 0.1) is 0 Å². The normalized spacial score (nSPS) is 11.2. The number of nitrogens with two attached hydrogens (primary N) is 1. The first-order valence-electron chi connectivity index (χ1n) is 9.16. The van der Waals surface area contributed by atoms with E-state index in [9.17, 15) is 13.2 Å². The predicted molar refractivity (Wildman–Crippen MR) is 121 cm³/mol. The Morgan fingerprint density at radius 3 is 2.55 bits per heavy atom. The molecule has 0 amide bonds. The summed E-state index contributed by atoms with van der Waals surface area (Å²) >= 11 is 3.41. The van der Waals surface area contributed by atoms with E-state index in [-0.39, 0.29) is 11.3 Å². The van der Waals surface area contributed by atoms with Crippen molar-refractivity contribution < 1.29 is 18.3 Å². The number of nitrogens with zero attached hydrogens (tertiary/aromatic N) is 2. The molecule has 1 aromatic heterocycles. The Morgan fingerprint density at radius 2 is 1.87 bits per heavy atom. The van der Waals surface area contributed by atoms with Crippen molar-refractivity contribution in [1.82, 2.24) is 9.97 Å². The van der Waals surface area contributed by atoms with Gasteiger partial charge in [0.1, 0.15) is 5.82 Å². The molecule has 0 saturated heterocycles. The Morgan fingerprint density at radius 1 is 1.13 bits per heavy atom. The van der Waals surface area contributed by atoms with Gasteiger partial charge in [-0.2, -0.15) is 4.98 Å². The molecule has 31 heavy (non-hydrogen) atoms. The Kier molecular flexibility index (Phi) is 7.21. The molecule has 3 rings (SSSR count). The van der Waals surface area contributed by atoms with Gasteiger partial charge in [0.25, 0.3) is 0 Å². The van der Waals surface area contributed by atoms with Crippen LogP contribution in [0.15, 0.2) is 64.1 Å². The molecule has 0 aliphatic heterocycles. The summed E-state index contributed by atoms with van der Waals surface area (Å²) < 4.78 is 23.3. The number of nitrogens with one attached hydrogen (secondary N) is 2. The minimum atomic E-state index is -3.70. The number of carboxylic acids is 1. The molecule has 11 heteroatoms. The summed E-state index contributed by atoms with van der Waals surface area (Å²) in [7, 11) is -3.70. The van der Waals surface area contributed by atoms with Gasteiger partial charge in [-0.15, -0.1) is 0 Å². The second kappa shape index (κ2) is 9.86. The summed E-state index contributed by atoms with van der Waals surface area (Å²) in [6.07, 6.45) is 2.18. The molecule has 9 nitrogen and oxygen atoms in total. The summed E-state index contributed by atoms with van der Waals surface area (Å²) in [6, 6.07) is 13.4. The number of anilines is 3. The Bertz CT molecular complexity index is 1190. The zero-order chi connectivity index (χ0) is 22.4. The van der Waals surface area contributed by atoms with E-state index in [1.807, 2.05) is 0 Å². The Hall–Kier alpha value is -3.02. The van der Waals surface area contributed by atoms with Gasteiger partial charge in [0.15, 0.2) is 0 Å². The van der Waals surface area contributed by atoms with Crippen molar-refractivity contribution in [3.05, 3.63) is 70.3 Å². The van der Waals surface area contributed by atoms with Crippen molar-refractivity contribution in [2.75, 3.05) is 17.2 Å². The number of sulfonamides is 1. The van der Waals surface area contributed by atoms with Crippen LogP contribution in [0.2, 0.25) is 0 Å². The van der Waals surface area contributed by atoms with E-state index in [1.54, 1.807) is 42.6 Å². The predicted octanol–water partition coefficient (Wildman–Crippen LogP) is 2.91. The second-order valence-corrected chi connectivity index (χ2v) is 9.07. The van der Waals surface area contributed by atoms with Gasteiger partial charge in [0.05, 0.1) is 15.8 Å². The summed E-state index contributed by atoms with van der Waals surface area (Å²) in [5.74, 6) is 0.0406. The van der Waals surface area contributed by atoms with Crippen molar-refractivity contribution in [3.8, 4) is 0 Å². The Balaban J connectivity index is 1.63. The van der Waals surface area contributed by atoms with Gasteiger partial charge in [-0.25, -0.2) is 18.5 Å². The van der Waals surface area contributed by atoms with Gasteiger partial charge in [0.2, 0.25) is 16.0 Å². The number of aliphatic carboxylic acids is 1. The van der Waals surface area contributed by atoms with Gasteiger partial charge in [-0.05, 0) is 57.7 Å². The first-order valence-corrected chi connectivity index (χ1v) is 11.5. The number of carboxylic acid groups (broad SMARTS) is 1. The first-order chi connectivity index (χ1) is 14.7. The third kappa shape index (κ3) is 6.74. The highest BCUT2D eigenvalue weighted by atomic mass is 79.9. The van der Waals surface area contributed by atoms with Crippen LogP contribution in [0.1, 0.15) is 11.1 Å². The summed E-state index contributed by atoms with van der Waals surface area (Å²) in [4.78, 5) is 19.6. The third-order valence-electron chi connectivity index (χ3n) is 4.24. The van der Waals surface area contributed by atoms with Crippen LogP contribution in [0.3, 0.4) is 0 Å². The highest BCUT2D eigenvalue weighted by molar-refractivity contribution is 9.10. The van der Waals surface area contributed by atoms with E-state index in [0.29, 0.717) is 40.5 Å². The quantitative estimate of drug-likeness (QED) is 0.346. The highest BCUT2D eigenvalue weighted by Gasteiger charge is 2.08. The summed E-state index contributed by atoms with van der Waals surface area (Å²) in [5.41, 5.74) is 2.29. The maximum atomic E-state index is 11.3. The van der Waals surface area contributed by atoms with E-state index in [0.717, 1.165) is 5.56 Å².